The summed E-state index contributed by atoms with van der Waals surface area (Å²) < 4.78 is 4.82. The number of hydrogen-bond donors (Lipinski definition) is 1. The number of anilines is 2. The van der Waals surface area contributed by atoms with Crippen molar-refractivity contribution in [2.24, 2.45) is 0 Å². The van der Waals surface area contributed by atoms with Gasteiger partial charge in [0, 0.05) is 25.1 Å². The maximum Gasteiger partial charge on any atom is 0.338 e. The minimum Gasteiger partial charge on any atom is -0.465 e. The van der Waals surface area contributed by atoms with Crippen molar-refractivity contribution >= 4 is 29.1 Å². The van der Waals surface area contributed by atoms with E-state index in [0.29, 0.717) is 22.5 Å². The quantitative estimate of drug-likeness (QED) is 0.846. The summed E-state index contributed by atoms with van der Waals surface area (Å²) in [6, 6.07) is 7.68. The molecule has 132 valence electrons. The van der Waals surface area contributed by atoms with Crippen LogP contribution in [0, 0.1) is 6.92 Å². The van der Waals surface area contributed by atoms with Gasteiger partial charge in [0.05, 0.1) is 18.4 Å². The number of carbonyl (C=O) groups excluding carboxylic acids is 1. The van der Waals surface area contributed by atoms with Gasteiger partial charge in [-0.05, 0) is 37.0 Å². The number of halogens is 1. The lowest BCUT2D eigenvalue weighted by atomic mass is 9.88. The third kappa shape index (κ3) is 3.69. The summed E-state index contributed by atoms with van der Waals surface area (Å²) in [5, 5.41) is 8.02. The summed E-state index contributed by atoms with van der Waals surface area (Å²) in [6.07, 6.45) is 2.13. The Kier molecular flexibility index (Phi) is 5.08. The lowest BCUT2D eigenvalue weighted by molar-refractivity contribution is 0.0600. The molecule has 1 fully saturated rings. The van der Waals surface area contributed by atoms with Crippen molar-refractivity contribution in [3.05, 3.63) is 46.1 Å². The number of methoxy groups -OCH3 is 1. The Labute approximate surface area is 151 Å². The van der Waals surface area contributed by atoms with Crippen LogP contribution in [-0.2, 0) is 4.74 Å². The Hall–Kier alpha value is -2.34. The molecule has 1 aliphatic rings. The third-order valence-corrected chi connectivity index (χ3v) is 4.85. The van der Waals surface area contributed by atoms with Gasteiger partial charge in [-0.25, -0.2) is 4.79 Å². The van der Waals surface area contributed by atoms with Crippen LogP contribution in [0.3, 0.4) is 0 Å². The number of carbonyl (C=O) groups is 1. The first-order valence-corrected chi connectivity index (χ1v) is 8.60. The van der Waals surface area contributed by atoms with Gasteiger partial charge in [0.2, 0.25) is 0 Å². The number of aromatic nitrogens is 2. The lowest BCUT2D eigenvalue weighted by Crippen LogP contribution is -2.35. The molecule has 25 heavy (non-hydrogen) atoms. The highest BCUT2D eigenvalue weighted by atomic mass is 35.5. The SMILES string of the molecule is COC(=O)c1ccc([C@H]2CCCN(c3cc(Cl)nnc3N)C2)cc1C. The standard InChI is InChI=1S/C18H21ClN4O2/c1-11-8-12(5-6-14(11)18(24)25-2)13-4-3-7-23(10-13)15-9-16(19)21-22-17(15)20/h5-6,8-9,13H,3-4,7,10H2,1-2H3,(H2,20,22)/t13-/m0/s1. The molecule has 1 atom stereocenters. The third-order valence-electron chi connectivity index (χ3n) is 4.66. The molecule has 0 radical (unpaired) electrons. The predicted molar refractivity (Wildman–Crippen MR) is 98.2 cm³/mol. The molecule has 0 saturated carbocycles. The monoisotopic (exact) mass is 360 g/mol. The van der Waals surface area contributed by atoms with Crippen molar-refractivity contribution in [3.8, 4) is 0 Å². The van der Waals surface area contributed by atoms with E-state index in [0.717, 1.165) is 37.2 Å². The lowest BCUT2D eigenvalue weighted by Gasteiger charge is -2.35. The van der Waals surface area contributed by atoms with E-state index in [1.54, 1.807) is 6.07 Å². The van der Waals surface area contributed by atoms with Gasteiger partial charge in [-0.15, -0.1) is 10.2 Å². The Balaban J connectivity index is 1.83. The molecule has 1 aliphatic heterocycles. The molecule has 0 unspecified atom stereocenters. The minimum absolute atomic E-state index is 0.306. The maximum absolute atomic E-state index is 11.8. The second-order valence-corrected chi connectivity index (χ2v) is 6.68. The molecule has 2 heterocycles. The average Bonchev–Trinajstić information content (AvgIpc) is 2.63. The van der Waals surface area contributed by atoms with Crippen LogP contribution < -0.4 is 10.6 Å². The summed E-state index contributed by atoms with van der Waals surface area (Å²) in [5.74, 6) is 0.437. The van der Waals surface area contributed by atoms with E-state index < -0.39 is 0 Å². The number of nitrogens with zero attached hydrogens (tertiary/aromatic N) is 3. The molecule has 6 nitrogen and oxygen atoms in total. The number of benzene rings is 1. The van der Waals surface area contributed by atoms with E-state index >= 15 is 0 Å². The van der Waals surface area contributed by atoms with Gasteiger partial charge >= 0.3 is 5.97 Å². The van der Waals surface area contributed by atoms with Crippen molar-refractivity contribution < 1.29 is 9.53 Å². The van der Waals surface area contributed by atoms with Crippen molar-refractivity contribution in [2.45, 2.75) is 25.7 Å². The zero-order valence-electron chi connectivity index (χ0n) is 14.3. The molecule has 1 aromatic heterocycles. The number of esters is 1. The summed E-state index contributed by atoms with van der Waals surface area (Å²) >= 11 is 5.97. The number of rotatable bonds is 3. The summed E-state index contributed by atoms with van der Waals surface area (Å²) in [4.78, 5) is 14.0. The highest BCUT2D eigenvalue weighted by molar-refractivity contribution is 6.29. The van der Waals surface area contributed by atoms with E-state index in [9.17, 15) is 4.79 Å². The fraction of sp³-hybridized carbons (Fsp3) is 0.389. The molecule has 0 amide bonds. The molecule has 1 saturated heterocycles. The van der Waals surface area contributed by atoms with Gasteiger partial charge < -0.3 is 15.4 Å². The molecule has 1 aromatic carbocycles. The van der Waals surface area contributed by atoms with Gasteiger partial charge in [0.1, 0.15) is 0 Å². The largest absolute Gasteiger partial charge is 0.465 e. The van der Waals surface area contributed by atoms with Gasteiger partial charge in [-0.2, -0.15) is 0 Å². The van der Waals surface area contributed by atoms with Crippen molar-refractivity contribution in [3.63, 3.8) is 0 Å². The normalized spacial score (nSPS) is 17.4. The summed E-state index contributed by atoms with van der Waals surface area (Å²) in [6.45, 7) is 3.66. The topological polar surface area (TPSA) is 81.3 Å². The van der Waals surface area contributed by atoms with Gasteiger partial charge in [0.25, 0.3) is 0 Å². The van der Waals surface area contributed by atoms with Gasteiger partial charge in [0.15, 0.2) is 11.0 Å². The van der Waals surface area contributed by atoms with Crippen molar-refractivity contribution in [2.75, 3.05) is 30.8 Å². The molecular weight excluding hydrogens is 340 g/mol. The Morgan fingerprint density at radius 1 is 1.36 bits per heavy atom. The van der Waals surface area contributed by atoms with E-state index in [2.05, 4.69) is 21.2 Å². The van der Waals surface area contributed by atoms with Crippen LogP contribution in [0.2, 0.25) is 5.15 Å². The second kappa shape index (κ2) is 7.27. The molecule has 2 aromatic rings. The van der Waals surface area contributed by atoms with E-state index in [1.165, 1.54) is 12.7 Å². The Morgan fingerprint density at radius 2 is 2.16 bits per heavy atom. The number of aryl methyl sites for hydroxylation is 1. The second-order valence-electron chi connectivity index (χ2n) is 6.29. The van der Waals surface area contributed by atoms with Crippen molar-refractivity contribution in [1.82, 2.24) is 10.2 Å². The molecule has 3 rings (SSSR count). The molecule has 0 bridgehead atoms. The van der Waals surface area contributed by atoms with Crippen LogP contribution in [0.5, 0.6) is 0 Å². The number of nitrogens with two attached hydrogens (primary N) is 1. The van der Waals surface area contributed by atoms with Crippen LogP contribution in [0.15, 0.2) is 24.3 Å². The maximum atomic E-state index is 11.8. The van der Waals surface area contributed by atoms with E-state index in [1.807, 2.05) is 19.1 Å². The van der Waals surface area contributed by atoms with Gasteiger partial charge in [-0.3, -0.25) is 0 Å². The highest BCUT2D eigenvalue weighted by Crippen LogP contribution is 2.33. The summed E-state index contributed by atoms with van der Waals surface area (Å²) in [7, 11) is 1.40. The fourth-order valence-electron chi connectivity index (χ4n) is 3.37. The molecule has 0 spiro atoms. The number of ether oxygens (including phenoxy) is 1. The first kappa shape index (κ1) is 17.5. The van der Waals surface area contributed by atoms with Gasteiger partial charge in [-0.1, -0.05) is 23.7 Å². The first-order valence-electron chi connectivity index (χ1n) is 8.22. The molecule has 0 aliphatic carbocycles. The number of hydrogen-bond acceptors (Lipinski definition) is 6. The van der Waals surface area contributed by atoms with Crippen molar-refractivity contribution in [1.29, 1.82) is 0 Å². The number of nitrogen functional groups attached to an aromatic ring is 1. The first-order chi connectivity index (χ1) is 12.0. The van der Waals surface area contributed by atoms with Crippen LogP contribution in [0.25, 0.3) is 0 Å². The molecular formula is C18H21ClN4O2. The average molecular weight is 361 g/mol. The molecule has 2 N–H and O–H groups in total. The van der Waals surface area contributed by atoms with Crippen LogP contribution in [0.1, 0.15) is 40.2 Å². The molecule has 7 heteroatoms. The van der Waals surface area contributed by atoms with Crippen LogP contribution in [0.4, 0.5) is 11.5 Å². The van der Waals surface area contributed by atoms with Crippen LogP contribution >= 0.6 is 11.6 Å². The fourth-order valence-corrected chi connectivity index (χ4v) is 3.51. The van der Waals surface area contributed by atoms with E-state index in [-0.39, 0.29) is 5.97 Å². The zero-order chi connectivity index (χ0) is 18.0. The zero-order valence-corrected chi connectivity index (χ0v) is 15.1. The summed E-state index contributed by atoms with van der Waals surface area (Å²) in [5.41, 5.74) is 9.54. The Bertz CT molecular complexity index is 797. The Morgan fingerprint density at radius 3 is 2.88 bits per heavy atom. The predicted octanol–water partition coefficient (Wildman–Crippen LogP) is 3.19. The number of piperidine rings is 1. The highest BCUT2D eigenvalue weighted by Gasteiger charge is 2.24. The van der Waals surface area contributed by atoms with Crippen LogP contribution in [-0.4, -0.2) is 36.4 Å². The van der Waals surface area contributed by atoms with E-state index in [4.69, 9.17) is 22.1 Å². The minimum atomic E-state index is -0.306. The smallest absolute Gasteiger partial charge is 0.338 e.